The second kappa shape index (κ2) is 7.13. The molecule has 5 heteroatoms. The Morgan fingerprint density at radius 3 is 2.48 bits per heavy atom. The van der Waals surface area contributed by atoms with Crippen LogP contribution < -0.4 is 10.2 Å². The summed E-state index contributed by atoms with van der Waals surface area (Å²) in [4.78, 5) is 27.2. The first-order valence-corrected chi connectivity index (χ1v) is 8.21. The van der Waals surface area contributed by atoms with Gasteiger partial charge in [0.05, 0.1) is 7.05 Å². The van der Waals surface area contributed by atoms with Crippen LogP contribution >= 0.6 is 0 Å². The van der Waals surface area contributed by atoms with Crippen LogP contribution in [0.1, 0.15) is 31.9 Å². The van der Waals surface area contributed by atoms with Crippen molar-refractivity contribution in [3.8, 4) is 0 Å². The number of hydrogen-bond acceptors (Lipinski definition) is 2. The number of nitrogens with zero attached hydrogens (tertiary/aromatic N) is 1. The number of amides is 2. The lowest BCUT2D eigenvalue weighted by Gasteiger charge is -2.29. The first kappa shape index (κ1) is 17.5. The molecule has 5 nitrogen and oxygen atoms in total. The predicted octanol–water partition coefficient (Wildman–Crippen LogP) is 0.000700. The first-order valence-electron chi connectivity index (χ1n) is 8.21. The molecule has 1 atom stereocenters. The van der Waals surface area contributed by atoms with Crippen LogP contribution in [0.15, 0.2) is 24.3 Å². The number of hydrogen-bond donors (Lipinski definition) is 2. The molecule has 2 amide bonds. The topological polar surface area (TPSA) is 53.9 Å². The molecule has 1 aromatic carbocycles. The van der Waals surface area contributed by atoms with Gasteiger partial charge in [0.15, 0.2) is 13.1 Å². The van der Waals surface area contributed by atoms with Crippen molar-refractivity contribution in [1.29, 1.82) is 0 Å². The average Bonchev–Trinajstić information content (AvgIpc) is 2.44. The van der Waals surface area contributed by atoms with Gasteiger partial charge in [0.2, 0.25) is 0 Å². The number of quaternary nitrogens is 1. The van der Waals surface area contributed by atoms with E-state index >= 15 is 0 Å². The van der Waals surface area contributed by atoms with E-state index in [1.165, 1.54) is 11.1 Å². The Morgan fingerprint density at radius 1 is 1.17 bits per heavy atom. The fourth-order valence-corrected chi connectivity index (χ4v) is 2.88. The summed E-state index contributed by atoms with van der Waals surface area (Å²) in [5.74, 6) is 0.0901. The highest BCUT2D eigenvalue weighted by Crippen LogP contribution is 2.18. The van der Waals surface area contributed by atoms with Gasteiger partial charge in [-0.05, 0) is 38.3 Å². The van der Waals surface area contributed by atoms with Crippen LogP contribution in [0, 0.1) is 0 Å². The van der Waals surface area contributed by atoms with E-state index in [4.69, 9.17) is 0 Å². The van der Waals surface area contributed by atoms with Gasteiger partial charge < -0.3 is 15.1 Å². The molecular weight excluding hydrogens is 290 g/mol. The minimum absolute atomic E-state index is 0.0215. The highest BCUT2D eigenvalue weighted by atomic mass is 16.2. The van der Waals surface area contributed by atoms with E-state index in [1.807, 2.05) is 44.9 Å². The number of rotatable bonds is 4. The minimum Gasteiger partial charge on any atom is -0.347 e. The van der Waals surface area contributed by atoms with Crippen LogP contribution in [-0.2, 0) is 22.6 Å². The lowest BCUT2D eigenvalue weighted by atomic mass is 10.00. The number of carbonyl (C=O) groups excluding carboxylic acids is 2. The quantitative estimate of drug-likeness (QED) is 0.821. The Kier molecular flexibility index (Phi) is 5.42. The average molecular weight is 318 g/mol. The van der Waals surface area contributed by atoms with Crippen LogP contribution in [0.25, 0.3) is 0 Å². The van der Waals surface area contributed by atoms with E-state index in [1.54, 1.807) is 0 Å². The van der Waals surface area contributed by atoms with Gasteiger partial charge in [-0.25, -0.2) is 0 Å². The van der Waals surface area contributed by atoms with Gasteiger partial charge in [0.1, 0.15) is 0 Å². The molecular formula is C18H28N3O2+. The van der Waals surface area contributed by atoms with Crippen LogP contribution in [0.4, 0.5) is 0 Å². The van der Waals surface area contributed by atoms with Crippen molar-refractivity contribution in [3.05, 3.63) is 35.4 Å². The Morgan fingerprint density at radius 2 is 1.83 bits per heavy atom. The van der Waals surface area contributed by atoms with Crippen molar-refractivity contribution < 1.29 is 14.5 Å². The maximum absolute atomic E-state index is 12.5. The summed E-state index contributed by atoms with van der Waals surface area (Å²) >= 11 is 0. The fourth-order valence-electron chi connectivity index (χ4n) is 2.88. The predicted molar refractivity (Wildman–Crippen MR) is 90.1 cm³/mol. The second-order valence-electron chi connectivity index (χ2n) is 7.44. The normalized spacial score (nSPS) is 15.7. The Bertz CT molecular complexity index is 578. The third-order valence-corrected chi connectivity index (χ3v) is 3.91. The van der Waals surface area contributed by atoms with Crippen molar-refractivity contribution in [2.24, 2.45) is 0 Å². The molecule has 0 bridgehead atoms. The summed E-state index contributed by atoms with van der Waals surface area (Å²) in [7, 11) is 1.89. The zero-order chi connectivity index (χ0) is 17.0. The van der Waals surface area contributed by atoms with Crippen LogP contribution in [0.5, 0.6) is 0 Å². The van der Waals surface area contributed by atoms with E-state index in [9.17, 15) is 9.59 Å². The van der Waals surface area contributed by atoms with Gasteiger partial charge in [0.25, 0.3) is 11.8 Å². The maximum Gasteiger partial charge on any atom is 0.278 e. The van der Waals surface area contributed by atoms with Crippen molar-refractivity contribution in [2.75, 3.05) is 26.7 Å². The summed E-state index contributed by atoms with van der Waals surface area (Å²) in [5.41, 5.74) is 2.33. The van der Waals surface area contributed by atoms with Crippen LogP contribution in [0.2, 0.25) is 0 Å². The Balaban J connectivity index is 1.84. The van der Waals surface area contributed by atoms with E-state index in [0.717, 1.165) is 17.9 Å². The highest BCUT2D eigenvalue weighted by molar-refractivity contribution is 5.79. The first-order chi connectivity index (χ1) is 10.7. The van der Waals surface area contributed by atoms with Gasteiger partial charge in [-0.15, -0.1) is 0 Å². The summed E-state index contributed by atoms with van der Waals surface area (Å²) in [6, 6.07) is 8.27. The standard InChI is InChI=1S/C18H27N3O2/c1-18(2,3)19-16(22)12-20(4)13-17(23)21-10-9-14-7-5-6-8-15(14)11-21/h5-8H,9-13H2,1-4H3,(H,19,22)/p+1. The van der Waals surface area contributed by atoms with Crippen LogP contribution in [-0.4, -0.2) is 48.9 Å². The largest absolute Gasteiger partial charge is 0.347 e. The van der Waals surface area contributed by atoms with Crippen molar-refractivity contribution in [2.45, 2.75) is 39.3 Å². The molecule has 2 rings (SSSR count). The summed E-state index contributed by atoms with van der Waals surface area (Å²) in [6.45, 7) is 7.96. The molecule has 1 aromatic rings. The minimum atomic E-state index is -0.238. The summed E-state index contributed by atoms with van der Waals surface area (Å²) in [6.07, 6.45) is 0.908. The highest BCUT2D eigenvalue weighted by Gasteiger charge is 2.24. The number of likely N-dealkylation sites (N-methyl/N-ethyl adjacent to an activating group) is 1. The van der Waals surface area contributed by atoms with Gasteiger partial charge in [-0.1, -0.05) is 24.3 Å². The number of carbonyl (C=O) groups is 2. The molecule has 1 heterocycles. The third-order valence-electron chi connectivity index (χ3n) is 3.91. The number of benzene rings is 1. The molecule has 0 fully saturated rings. The molecule has 1 aliphatic heterocycles. The molecule has 1 unspecified atom stereocenters. The van der Waals surface area contributed by atoms with E-state index in [2.05, 4.69) is 17.4 Å². The zero-order valence-electron chi connectivity index (χ0n) is 14.6. The number of nitrogens with one attached hydrogen (secondary N) is 2. The number of fused-ring (bicyclic) bond motifs is 1. The van der Waals surface area contributed by atoms with Gasteiger partial charge >= 0.3 is 0 Å². The van der Waals surface area contributed by atoms with Crippen molar-refractivity contribution in [3.63, 3.8) is 0 Å². The van der Waals surface area contributed by atoms with E-state index in [0.29, 0.717) is 19.6 Å². The maximum atomic E-state index is 12.5. The molecule has 2 N–H and O–H groups in total. The SMILES string of the molecule is C[NH+](CC(=O)NC(C)(C)C)CC(=O)N1CCc2ccccc2C1. The lowest BCUT2D eigenvalue weighted by Crippen LogP contribution is -3.11. The molecule has 23 heavy (non-hydrogen) atoms. The van der Waals surface area contributed by atoms with Gasteiger partial charge in [-0.3, -0.25) is 9.59 Å². The molecule has 126 valence electrons. The lowest BCUT2D eigenvalue weighted by molar-refractivity contribution is -0.863. The second-order valence-corrected chi connectivity index (χ2v) is 7.44. The molecule has 0 saturated carbocycles. The van der Waals surface area contributed by atoms with E-state index in [-0.39, 0.29) is 17.4 Å². The molecule has 1 aliphatic rings. The fraction of sp³-hybridized carbons (Fsp3) is 0.556. The van der Waals surface area contributed by atoms with Gasteiger partial charge in [0, 0.05) is 18.6 Å². The summed E-state index contributed by atoms with van der Waals surface area (Å²) < 4.78 is 0. The Hall–Kier alpha value is -1.88. The molecule has 0 spiro atoms. The smallest absolute Gasteiger partial charge is 0.278 e. The van der Waals surface area contributed by atoms with E-state index < -0.39 is 0 Å². The third kappa shape index (κ3) is 5.36. The van der Waals surface area contributed by atoms with Gasteiger partial charge in [-0.2, -0.15) is 0 Å². The monoisotopic (exact) mass is 318 g/mol. The van der Waals surface area contributed by atoms with Crippen molar-refractivity contribution in [1.82, 2.24) is 10.2 Å². The molecule has 0 saturated heterocycles. The Labute approximate surface area is 138 Å². The zero-order valence-corrected chi connectivity index (χ0v) is 14.6. The van der Waals surface area contributed by atoms with Crippen LogP contribution in [0.3, 0.4) is 0 Å². The van der Waals surface area contributed by atoms with Crippen molar-refractivity contribution >= 4 is 11.8 Å². The molecule has 0 radical (unpaired) electrons. The summed E-state index contributed by atoms with van der Waals surface area (Å²) in [5, 5.41) is 2.93. The molecule has 0 aliphatic carbocycles. The molecule has 0 aromatic heterocycles.